The largest absolute Gasteiger partial charge is 0.466 e. The van der Waals surface area contributed by atoms with Crippen LogP contribution in [0.3, 0.4) is 0 Å². The van der Waals surface area contributed by atoms with Crippen molar-refractivity contribution < 1.29 is 9.53 Å². The van der Waals surface area contributed by atoms with Gasteiger partial charge in [0.2, 0.25) is 0 Å². The number of hydrogen-bond donors (Lipinski definition) is 0. The van der Waals surface area contributed by atoms with E-state index >= 15 is 0 Å². The topological polar surface area (TPSA) is 26.3 Å². The molecule has 0 heterocycles. The highest BCUT2D eigenvalue weighted by molar-refractivity contribution is 5.80. The second kappa shape index (κ2) is 5.43. The summed E-state index contributed by atoms with van der Waals surface area (Å²) in [7, 11) is 1.31. The number of carbonyl (C=O) groups is 1. The Bertz CT molecular complexity index is 70.1. The Morgan fingerprint density at radius 3 is 2.29 bits per heavy atom. The first-order valence-corrected chi connectivity index (χ1v) is 1.51. The average molecular weight is 118 g/mol. The Hall–Kier alpha value is -0.573. The van der Waals surface area contributed by atoms with Crippen LogP contribution in [0.5, 0.6) is 0 Å². The van der Waals surface area contributed by atoms with E-state index in [1.165, 1.54) is 7.11 Å². The van der Waals surface area contributed by atoms with E-state index in [9.17, 15) is 4.79 Å². The van der Waals surface area contributed by atoms with Gasteiger partial charge in [-0.2, -0.15) is 0 Å². The zero-order valence-corrected chi connectivity index (χ0v) is 3.60. The van der Waals surface area contributed by atoms with Gasteiger partial charge >= 0.3 is 5.97 Å². The molecule has 0 radical (unpaired) electrons. The maximum atomic E-state index is 9.84. The molecule has 7 heavy (non-hydrogen) atoms. The van der Waals surface area contributed by atoms with Gasteiger partial charge in [-0.1, -0.05) is 6.58 Å². The van der Waals surface area contributed by atoms with Gasteiger partial charge in [-0.05, 0) is 11.0 Å². The molecule has 0 aliphatic heterocycles. The molecule has 0 unspecified atom stereocenters. The summed E-state index contributed by atoms with van der Waals surface area (Å²) in [5.41, 5.74) is 0. The third-order valence-electron chi connectivity index (χ3n) is 0.368. The Labute approximate surface area is 47.2 Å². The molecule has 0 aliphatic rings. The molecule has 0 N–H and O–H groups in total. The lowest BCUT2D eigenvalue weighted by molar-refractivity contribution is -0.134. The fraction of sp³-hybridized carbons (Fsp3) is 0.250. The van der Waals surface area contributed by atoms with Gasteiger partial charge in [-0.25, -0.2) is 4.79 Å². The normalized spacial score (nSPS) is 5.86. The van der Waals surface area contributed by atoms with Gasteiger partial charge in [0, 0.05) is 6.08 Å². The van der Waals surface area contributed by atoms with Crippen molar-refractivity contribution in [2.75, 3.05) is 7.11 Å². The fourth-order valence-corrected chi connectivity index (χ4v) is 0.0833. The minimum atomic E-state index is -0.394. The molecular formula is C4H10O2Si. The SMILES string of the molecule is C=CC(=O)OC.[SiH4]. The Morgan fingerprint density at radius 1 is 1.86 bits per heavy atom. The molecule has 0 spiro atoms. The summed E-state index contributed by atoms with van der Waals surface area (Å²) in [4.78, 5) is 9.84. The van der Waals surface area contributed by atoms with E-state index in [-0.39, 0.29) is 11.0 Å². The fourth-order valence-electron chi connectivity index (χ4n) is 0.0833. The Kier molecular flexibility index (Phi) is 7.49. The molecule has 0 bridgehead atoms. The number of esters is 1. The van der Waals surface area contributed by atoms with Crippen molar-refractivity contribution in [3.05, 3.63) is 12.7 Å². The third-order valence-corrected chi connectivity index (χ3v) is 0.368. The summed E-state index contributed by atoms with van der Waals surface area (Å²) in [5.74, 6) is -0.394. The van der Waals surface area contributed by atoms with E-state index in [1.807, 2.05) is 0 Å². The first kappa shape index (κ1) is 9.66. The smallest absolute Gasteiger partial charge is 0.329 e. The summed E-state index contributed by atoms with van der Waals surface area (Å²) in [6, 6.07) is 0. The van der Waals surface area contributed by atoms with E-state index < -0.39 is 5.97 Å². The Morgan fingerprint density at radius 2 is 2.29 bits per heavy atom. The van der Waals surface area contributed by atoms with Crippen molar-refractivity contribution in [1.29, 1.82) is 0 Å². The summed E-state index contributed by atoms with van der Waals surface area (Å²) in [5, 5.41) is 0. The average Bonchev–Trinajstić information content (AvgIpc) is 1.65. The summed E-state index contributed by atoms with van der Waals surface area (Å²) in [6.45, 7) is 3.16. The van der Waals surface area contributed by atoms with Crippen molar-refractivity contribution in [1.82, 2.24) is 0 Å². The standard InChI is InChI=1S/C4H6O2.H4Si/c1-3-4(5)6-2;/h3H,1H2,2H3;1H4. The number of rotatable bonds is 1. The monoisotopic (exact) mass is 118 g/mol. The molecule has 0 aliphatic carbocycles. The summed E-state index contributed by atoms with van der Waals surface area (Å²) >= 11 is 0. The molecule has 0 aromatic heterocycles. The van der Waals surface area contributed by atoms with Crippen LogP contribution in [0.1, 0.15) is 0 Å². The molecule has 0 rings (SSSR count). The molecule has 0 aromatic rings. The molecule has 0 aromatic carbocycles. The third kappa shape index (κ3) is 5.43. The van der Waals surface area contributed by atoms with Crippen LogP contribution in [0.4, 0.5) is 0 Å². The number of carbonyl (C=O) groups excluding carboxylic acids is 1. The zero-order valence-electron chi connectivity index (χ0n) is 3.60. The molecule has 3 heteroatoms. The van der Waals surface area contributed by atoms with Crippen LogP contribution < -0.4 is 0 Å². The second-order valence-electron chi connectivity index (χ2n) is 0.727. The van der Waals surface area contributed by atoms with Gasteiger partial charge in [0.25, 0.3) is 0 Å². The van der Waals surface area contributed by atoms with Crippen molar-refractivity contribution in [2.45, 2.75) is 0 Å². The van der Waals surface area contributed by atoms with Crippen LogP contribution in [-0.4, -0.2) is 24.0 Å². The molecular weight excluding hydrogens is 108 g/mol. The summed E-state index contributed by atoms with van der Waals surface area (Å²) in [6.07, 6.45) is 1.11. The molecule has 0 atom stereocenters. The lowest BCUT2D eigenvalue weighted by atomic mass is 10.7. The van der Waals surface area contributed by atoms with Crippen molar-refractivity contribution in [3.63, 3.8) is 0 Å². The molecule has 42 valence electrons. The van der Waals surface area contributed by atoms with Crippen molar-refractivity contribution in [2.24, 2.45) is 0 Å². The maximum absolute atomic E-state index is 9.84. The van der Waals surface area contributed by atoms with Crippen LogP contribution in [0.15, 0.2) is 12.7 Å². The van der Waals surface area contributed by atoms with E-state index in [4.69, 9.17) is 0 Å². The van der Waals surface area contributed by atoms with E-state index in [0.717, 1.165) is 6.08 Å². The predicted molar refractivity (Wildman–Crippen MR) is 33.5 cm³/mol. The number of methoxy groups -OCH3 is 1. The first-order chi connectivity index (χ1) is 2.81. The molecule has 0 amide bonds. The molecule has 2 nitrogen and oxygen atoms in total. The van der Waals surface area contributed by atoms with E-state index in [1.54, 1.807) is 0 Å². The minimum absolute atomic E-state index is 0. The van der Waals surface area contributed by atoms with Crippen LogP contribution in [0, 0.1) is 0 Å². The van der Waals surface area contributed by atoms with Gasteiger partial charge in [-0.3, -0.25) is 0 Å². The van der Waals surface area contributed by atoms with Gasteiger partial charge in [0.15, 0.2) is 0 Å². The summed E-state index contributed by atoms with van der Waals surface area (Å²) < 4.78 is 4.14. The highest BCUT2D eigenvalue weighted by Gasteiger charge is 1.81. The van der Waals surface area contributed by atoms with E-state index in [0.29, 0.717) is 0 Å². The van der Waals surface area contributed by atoms with Crippen LogP contribution in [0.2, 0.25) is 0 Å². The highest BCUT2D eigenvalue weighted by atomic mass is 28.1. The Balaban J connectivity index is 0. The lowest BCUT2D eigenvalue weighted by Gasteiger charge is -1.83. The molecule has 0 saturated carbocycles. The number of hydrogen-bond acceptors (Lipinski definition) is 2. The quantitative estimate of drug-likeness (QED) is 0.248. The molecule has 0 fully saturated rings. The first-order valence-electron chi connectivity index (χ1n) is 1.51. The van der Waals surface area contributed by atoms with Gasteiger partial charge in [0.1, 0.15) is 0 Å². The number of ether oxygens (including phenoxy) is 1. The van der Waals surface area contributed by atoms with Gasteiger partial charge in [-0.15, -0.1) is 0 Å². The van der Waals surface area contributed by atoms with Crippen LogP contribution >= 0.6 is 0 Å². The van der Waals surface area contributed by atoms with Gasteiger partial charge in [0.05, 0.1) is 7.11 Å². The van der Waals surface area contributed by atoms with Crippen molar-refractivity contribution in [3.8, 4) is 0 Å². The lowest BCUT2D eigenvalue weighted by Crippen LogP contribution is -1.91. The zero-order chi connectivity index (χ0) is 4.99. The maximum Gasteiger partial charge on any atom is 0.329 e. The highest BCUT2D eigenvalue weighted by Crippen LogP contribution is 1.67. The van der Waals surface area contributed by atoms with Crippen molar-refractivity contribution >= 4 is 16.9 Å². The van der Waals surface area contributed by atoms with Crippen LogP contribution in [-0.2, 0) is 9.53 Å². The van der Waals surface area contributed by atoms with Crippen LogP contribution in [0.25, 0.3) is 0 Å². The second-order valence-corrected chi connectivity index (χ2v) is 0.727. The molecule has 0 saturated heterocycles. The van der Waals surface area contributed by atoms with E-state index in [2.05, 4.69) is 11.3 Å². The predicted octanol–water partition coefficient (Wildman–Crippen LogP) is -1.11. The minimum Gasteiger partial charge on any atom is -0.466 e. The van der Waals surface area contributed by atoms with Gasteiger partial charge < -0.3 is 4.74 Å².